The molecule has 8 heteroatoms. The number of halogens is 1. The van der Waals surface area contributed by atoms with Crippen molar-refractivity contribution >= 4 is 33.2 Å². The number of sulfonamides is 1. The topological polar surface area (TPSA) is 75.7 Å². The van der Waals surface area contributed by atoms with Gasteiger partial charge in [-0.3, -0.25) is 9.10 Å². The van der Waals surface area contributed by atoms with Gasteiger partial charge in [-0.2, -0.15) is 0 Å². The molecule has 0 atom stereocenters. The van der Waals surface area contributed by atoms with Crippen LogP contribution in [0.25, 0.3) is 0 Å². The molecule has 0 radical (unpaired) electrons. The fraction of sp³-hybridized carbons (Fsp3) is 0.174. The standard InChI is InChI=1S/C23H23ClN2O4S/c1-31(28,29)26(17-18-7-3-2-4-8-18)22-10-6-5-9-21(22)23(27)25-15-16-30-20-13-11-19(24)12-14-20/h2-14H,15-17H2,1H3,(H,25,27). The van der Waals surface area contributed by atoms with E-state index in [1.807, 2.05) is 30.3 Å². The number of amides is 1. The van der Waals surface area contributed by atoms with Crippen molar-refractivity contribution in [1.29, 1.82) is 0 Å². The van der Waals surface area contributed by atoms with Crippen LogP contribution in [0.3, 0.4) is 0 Å². The van der Waals surface area contributed by atoms with Gasteiger partial charge in [0.25, 0.3) is 5.91 Å². The summed E-state index contributed by atoms with van der Waals surface area (Å²) < 4.78 is 31.9. The van der Waals surface area contributed by atoms with Gasteiger partial charge in [0.15, 0.2) is 0 Å². The monoisotopic (exact) mass is 458 g/mol. The molecule has 162 valence electrons. The number of nitrogens with zero attached hydrogens (tertiary/aromatic N) is 1. The summed E-state index contributed by atoms with van der Waals surface area (Å²) in [5, 5.41) is 3.39. The lowest BCUT2D eigenvalue weighted by atomic mass is 10.1. The molecule has 3 aromatic carbocycles. The minimum absolute atomic E-state index is 0.129. The molecule has 31 heavy (non-hydrogen) atoms. The lowest BCUT2D eigenvalue weighted by Gasteiger charge is -2.24. The van der Waals surface area contributed by atoms with Gasteiger partial charge in [-0.15, -0.1) is 0 Å². The molecule has 0 spiro atoms. The maximum absolute atomic E-state index is 12.8. The number of anilines is 1. The first-order valence-electron chi connectivity index (χ1n) is 9.62. The number of carbonyl (C=O) groups is 1. The molecule has 6 nitrogen and oxygen atoms in total. The summed E-state index contributed by atoms with van der Waals surface area (Å²) in [6.07, 6.45) is 1.13. The van der Waals surface area contributed by atoms with Crippen LogP contribution in [0.15, 0.2) is 78.9 Å². The minimum atomic E-state index is -3.62. The van der Waals surface area contributed by atoms with Crippen molar-refractivity contribution < 1.29 is 17.9 Å². The molecule has 3 aromatic rings. The Kier molecular flexibility index (Phi) is 7.55. The van der Waals surface area contributed by atoms with Crippen molar-refractivity contribution in [3.63, 3.8) is 0 Å². The molecular formula is C23H23ClN2O4S. The third kappa shape index (κ3) is 6.47. The summed E-state index contributed by atoms with van der Waals surface area (Å²) in [6.45, 7) is 0.645. The van der Waals surface area contributed by atoms with Crippen molar-refractivity contribution in [2.24, 2.45) is 0 Å². The van der Waals surface area contributed by atoms with E-state index in [1.165, 1.54) is 4.31 Å². The summed E-state index contributed by atoms with van der Waals surface area (Å²) in [4.78, 5) is 12.8. The van der Waals surface area contributed by atoms with Gasteiger partial charge < -0.3 is 10.1 Å². The number of rotatable bonds is 9. The normalized spacial score (nSPS) is 11.0. The summed E-state index contributed by atoms with van der Waals surface area (Å²) in [5.41, 5.74) is 1.42. The Bertz CT molecular complexity index is 1120. The first kappa shape index (κ1) is 22.7. The Labute approximate surface area is 187 Å². The molecule has 0 bridgehead atoms. The van der Waals surface area contributed by atoms with Crippen molar-refractivity contribution in [1.82, 2.24) is 5.32 Å². The fourth-order valence-electron chi connectivity index (χ4n) is 2.97. The first-order chi connectivity index (χ1) is 14.8. The van der Waals surface area contributed by atoms with E-state index in [9.17, 15) is 13.2 Å². The van der Waals surface area contributed by atoms with Crippen molar-refractivity contribution in [3.05, 3.63) is 95.0 Å². The number of hydrogen-bond acceptors (Lipinski definition) is 4. The minimum Gasteiger partial charge on any atom is -0.492 e. The van der Waals surface area contributed by atoms with Crippen molar-refractivity contribution in [2.45, 2.75) is 6.54 Å². The molecule has 1 amide bonds. The Hall–Kier alpha value is -3.03. The maximum Gasteiger partial charge on any atom is 0.253 e. The van der Waals surface area contributed by atoms with Gasteiger partial charge in [-0.05, 0) is 42.0 Å². The van der Waals surface area contributed by atoms with Crippen LogP contribution < -0.4 is 14.4 Å². The highest BCUT2D eigenvalue weighted by Crippen LogP contribution is 2.25. The van der Waals surface area contributed by atoms with Gasteiger partial charge in [0.05, 0.1) is 30.6 Å². The summed E-state index contributed by atoms with van der Waals surface area (Å²) in [6, 6.07) is 22.8. The van der Waals surface area contributed by atoms with Gasteiger partial charge in [0.2, 0.25) is 10.0 Å². The van der Waals surface area contributed by atoms with Crippen LogP contribution in [0.5, 0.6) is 5.75 Å². The highest BCUT2D eigenvalue weighted by atomic mass is 35.5. The van der Waals surface area contributed by atoms with Crippen LogP contribution in [0.4, 0.5) is 5.69 Å². The first-order valence-corrected chi connectivity index (χ1v) is 11.8. The lowest BCUT2D eigenvalue weighted by Crippen LogP contribution is -2.33. The van der Waals surface area contributed by atoms with E-state index >= 15 is 0 Å². The molecule has 1 N–H and O–H groups in total. The fourth-order valence-corrected chi connectivity index (χ4v) is 4.00. The van der Waals surface area contributed by atoms with Crippen molar-refractivity contribution in [2.75, 3.05) is 23.7 Å². The smallest absolute Gasteiger partial charge is 0.253 e. The Morgan fingerprint density at radius 3 is 2.29 bits per heavy atom. The summed E-state index contributed by atoms with van der Waals surface area (Å²) in [5.74, 6) is 0.266. The largest absolute Gasteiger partial charge is 0.492 e. The summed E-state index contributed by atoms with van der Waals surface area (Å²) >= 11 is 5.85. The van der Waals surface area contributed by atoms with Crippen LogP contribution in [-0.2, 0) is 16.6 Å². The Morgan fingerprint density at radius 2 is 1.61 bits per heavy atom. The molecule has 0 saturated heterocycles. The zero-order valence-corrected chi connectivity index (χ0v) is 18.6. The second-order valence-electron chi connectivity index (χ2n) is 6.83. The third-order valence-electron chi connectivity index (χ3n) is 4.46. The van der Waals surface area contributed by atoms with Crippen LogP contribution in [-0.4, -0.2) is 33.7 Å². The molecule has 0 aliphatic carbocycles. The lowest BCUT2D eigenvalue weighted by molar-refractivity contribution is 0.0947. The molecule has 3 rings (SSSR count). The highest BCUT2D eigenvalue weighted by molar-refractivity contribution is 7.92. The number of ether oxygens (including phenoxy) is 1. The number of nitrogens with one attached hydrogen (secondary N) is 1. The molecule has 0 aliphatic heterocycles. The van der Waals surface area contributed by atoms with Gasteiger partial charge in [0.1, 0.15) is 12.4 Å². The van der Waals surface area contributed by atoms with Crippen LogP contribution in [0.2, 0.25) is 5.02 Å². The second kappa shape index (κ2) is 10.3. The molecule has 0 unspecified atom stereocenters. The van der Waals surface area contributed by atoms with Gasteiger partial charge in [0, 0.05) is 5.02 Å². The zero-order valence-electron chi connectivity index (χ0n) is 17.0. The molecule has 0 saturated carbocycles. The quantitative estimate of drug-likeness (QED) is 0.489. The zero-order chi connectivity index (χ0) is 22.3. The number of para-hydroxylation sites is 1. The Morgan fingerprint density at radius 1 is 0.968 bits per heavy atom. The SMILES string of the molecule is CS(=O)(=O)N(Cc1ccccc1)c1ccccc1C(=O)NCCOc1ccc(Cl)cc1. The predicted molar refractivity (Wildman–Crippen MR) is 123 cm³/mol. The third-order valence-corrected chi connectivity index (χ3v) is 5.84. The number of hydrogen-bond donors (Lipinski definition) is 1. The van der Waals surface area contributed by atoms with Gasteiger partial charge in [-0.25, -0.2) is 8.42 Å². The molecule has 0 aliphatic rings. The number of benzene rings is 3. The van der Waals surface area contributed by atoms with E-state index in [-0.39, 0.29) is 31.2 Å². The molecule has 0 aromatic heterocycles. The number of carbonyl (C=O) groups excluding carboxylic acids is 1. The van der Waals surface area contributed by atoms with E-state index < -0.39 is 10.0 Å². The van der Waals surface area contributed by atoms with Gasteiger partial charge in [-0.1, -0.05) is 54.1 Å². The van der Waals surface area contributed by atoms with E-state index in [2.05, 4.69) is 5.32 Å². The molecule has 0 heterocycles. The average molecular weight is 459 g/mol. The predicted octanol–water partition coefficient (Wildman–Crippen LogP) is 4.12. The van der Waals surface area contributed by atoms with E-state index in [0.29, 0.717) is 16.5 Å². The highest BCUT2D eigenvalue weighted by Gasteiger charge is 2.23. The van der Waals surface area contributed by atoms with Crippen LogP contribution in [0.1, 0.15) is 15.9 Å². The van der Waals surface area contributed by atoms with E-state index in [0.717, 1.165) is 11.8 Å². The van der Waals surface area contributed by atoms with Gasteiger partial charge >= 0.3 is 0 Å². The maximum atomic E-state index is 12.8. The van der Waals surface area contributed by atoms with Crippen LogP contribution in [0, 0.1) is 0 Å². The van der Waals surface area contributed by atoms with Crippen molar-refractivity contribution in [3.8, 4) is 5.75 Å². The van der Waals surface area contributed by atoms with E-state index in [4.69, 9.17) is 16.3 Å². The molecule has 0 fully saturated rings. The summed E-state index contributed by atoms with van der Waals surface area (Å²) in [7, 11) is -3.62. The second-order valence-corrected chi connectivity index (χ2v) is 9.17. The van der Waals surface area contributed by atoms with E-state index in [1.54, 1.807) is 48.5 Å². The molecular weight excluding hydrogens is 436 g/mol. The van der Waals surface area contributed by atoms with Crippen LogP contribution >= 0.6 is 11.6 Å². The average Bonchev–Trinajstić information content (AvgIpc) is 2.76. The Balaban J connectivity index is 1.71.